The van der Waals surface area contributed by atoms with Crippen molar-refractivity contribution in [3.8, 4) is 0 Å². The number of thiol groups is 1. The van der Waals surface area contributed by atoms with Crippen LogP contribution in [0.3, 0.4) is 0 Å². The van der Waals surface area contributed by atoms with Crippen LogP contribution in [0.1, 0.15) is 0 Å². The third kappa shape index (κ3) is 7.86. The molecule has 5 nitrogen and oxygen atoms in total. The minimum Gasteiger partial charge on any atom is -0.269 e. The number of hydrogen-bond acceptors (Lipinski definition) is 5. The lowest BCUT2D eigenvalue weighted by Gasteiger charge is -1.94. The van der Waals surface area contributed by atoms with Gasteiger partial charge in [-0.05, 0) is 0 Å². The van der Waals surface area contributed by atoms with E-state index < -0.39 is 20.8 Å². The highest BCUT2D eigenvalue weighted by atomic mass is 32.2. The van der Waals surface area contributed by atoms with Gasteiger partial charge < -0.3 is 0 Å². The lowest BCUT2D eigenvalue weighted by molar-refractivity contribution is 0.343. The fourth-order valence-corrected chi connectivity index (χ4v) is 1.01. The fourth-order valence-electron chi connectivity index (χ4n) is 0.263. The molecule has 0 aliphatic carbocycles. The van der Waals surface area contributed by atoms with Gasteiger partial charge in [-0.1, -0.05) is 0 Å². The van der Waals surface area contributed by atoms with Gasteiger partial charge in [0.25, 0.3) is 10.1 Å². The largest absolute Gasteiger partial charge is 0.269 e. The van der Waals surface area contributed by atoms with Gasteiger partial charge in [0.2, 0.25) is 0 Å². The molecule has 62 valence electrons. The van der Waals surface area contributed by atoms with Crippen LogP contribution in [0.15, 0.2) is 0 Å². The number of rotatable bonds is 4. The van der Waals surface area contributed by atoms with Crippen LogP contribution in [0.5, 0.6) is 0 Å². The van der Waals surface area contributed by atoms with Gasteiger partial charge in [-0.3, -0.25) is 4.18 Å². The van der Waals surface area contributed by atoms with Crippen molar-refractivity contribution in [2.24, 2.45) is 0 Å². The van der Waals surface area contributed by atoms with Gasteiger partial charge in [-0.25, -0.2) is 8.42 Å². The standard InChI is InChI=1S/C3H8O5S2/c1-10(6,7)8-2-3-9(4)5/h9H,2-3H2,1H3. The Balaban J connectivity index is 3.59. The van der Waals surface area contributed by atoms with E-state index in [-0.39, 0.29) is 12.4 Å². The van der Waals surface area contributed by atoms with E-state index in [2.05, 4.69) is 4.18 Å². The Morgan fingerprint density at radius 3 is 2.20 bits per heavy atom. The summed E-state index contributed by atoms with van der Waals surface area (Å²) in [6.45, 7) is -0.294. The molecule has 0 heterocycles. The monoisotopic (exact) mass is 188 g/mol. The lowest BCUT2D eigenvalue weighted by Crippen LogP contribution is -2.07. The summed E-state index contributed by atoms with van der Waals surface area (Å²) in [6, 6.07) is 0. The zero-order valence-corrected chi connectivity index (χ0v) is 7.02. The Morgan fingerprint density at radius 2 is 1.90 bits per heavy atom. The third-order valence-electron chi connectivity index (χ3n) is 0.571. The maximum absolute atomic E-state index is 10.2. The minimum atomic E-state index is -3.49. The molecule has 0 fully saturated rings. The fraction of sp³-hybridized carbons (Fsp3) is 1.00. The third-order valence-corrected chi connectivity index (χ3v) is 1.71. The smallest absolute Gasteiger partial charge is 0.264 e. The second-order valence-corrected chi connectivity index (χ2v) is 4.34. The van der Waals surface area contributed by atoms with E-state index in [9.17, 15) is 16.8 Å². The molecule has 0 aromatic heterocycles. The molecule has 0 amide bonds. The lowest BCUT2D eigenvalue weighted by atomic mass is 10.9. The summed E-state index contributed by atoms with van der Waals surface area (Å²) in [5.74, 6) is -0.262. The molecule has 7 heteroatoms. The van der Waals surface area contributed by atoms with Gasteiger partial charge in [0.05, 0.1) is 18.6 Å². The quantitative estimate of drug-likeness (QED) is 0.432. The van der Waals surface area contributed by atoms with Crippen molar-refractivity contribution in [2.45, 2.75) is 0 Å². The molecule has 0 atom stereocenters. The first kappa shape index (κ1) is 9.86. The van der Waals surface area contributed by atoms with Crippen LogP contribution in [-0.4, -0.2) is 35.5 Å². The zero-order chi connectivity index (χ0) is 8.20. The van der Waals surface area contributed by atoms with Crippen molar-refractivity contribution in [1.82, 2.24) is 0 Å². The molecular weight excluding hydrogens is 180 g/mol. The van der Waals surface area contributed by atoms with Gasteiger partial charge in [-0.15, -0.1) is 0 Å². The summed E-state index contributed by atoms with van der Waals surface area (Å²) < 4.78 is 44.2. The van der Waals surface area contributed by atoms with Gasteiger partial charge in [0, 0.05) is 0 Å². The van der Waals surface area contributed by atoms with E-state index in [1.807, 2.05) is 0 Å². The predicted molar refractivity (Wildman–Crippen MR) is 36.0 cm³/mol. The van der Waals surface area contributed by atoms with E-state index in [4.69, 9.17) is 0 Å². The summed E-state index contributed by atoms with van der Waals surface area (Å²) in [5, 5.41) is 0. The van der Waals surface area contributed by atoms with Crippen molar-refractivity contribution >= 4 is 20.8 Å². The van der Waals surface area contributed by atoms with Crippen LogP contribution in [0.25, 0.3) is 0 Å². The molecule has 0 rings (SSSR count). The van der Waals surface area contributed by atoms with E-state index in [0.29, 0.717) is 0 Å². The highest BCUT2D eigenvalue weighted by Gasteiger charge is 1.99. The minimum absolute atomic E-state index is 0.262. The highest BCUT2D eigenvalue weighted by Crippen LogP contribution is 1.84. The molecule has 0 saturated carbocycles. The van der Waals surface area contributed by atoms with Crippen molar-refractivity contribution < 1.29 is 21.0 Å². The van der Waals surface area contributed by atoms with Crippen LogP contribution in [0.2, 0.25) is 0 Å². The SMILES string of the molecule is CS(=O)(=O)OCC[SH](=O)=O. The molecular formula is C3H8O5S2. The summed E-state index contributed by atoms with van der Waals surface area (Å²) in [4.78, 5) is 0. The molecule has 0 aromatic carbocycles. The van der Waals surface area contributed by atoms with Crippen molar-refractivity contribution in [2.75, 3.05) is 18.6 Å². The zero-order valence-electron chi connectivity index (χ0n) is 5.31. The second kappa shape index (κ2) is 3.89. The summed E-state index contributed by atoms with van der Waals surface area (Å²) in [5.41, 5.74) is 0. The summed E-state index contributed by atoms with van der Waals surface area (Å²) in [6.07, 6.45) is 0.866. The van der Waals surface area contributed by atoms with Crippen LogP contribution in [0, 0.1) is 0 Å². The van der Waals surface area contributed by atoms with E-state index in [1.54, 1.807) is 0 Å². The Morgan fingerprint density at radius 1 is 1.40 bits per heavy atom. The van der Waals surface area contributed by atoms with Gasteiger partial charge in [0.1, 0.15) is 10.7 Å². The molecule has 0 aliphatic heterocycles. The molecule has 0 unspecified atom stereocenters. The maximum atomic E-state index is 10.2. The molecule has 0 aliphatic rings. The van der Waals surface area contributed by atoms with Gasteiger partial charge in [-0.2, -0.15) is 8.42 Å². The maximum Gasteiger partial charge on any atom is 0.264 e. The Bertz CT molecular complexity index is 240. The number of hydrogen-bond donors (Lipinski definition) is 1. The summed E-state index contributed by atoms with van der Waals surface area (Å²) >= 11 is 0. The summed E-state index contributed by atoms with van der Waals surface area (Å²) in [7, 11) is -6.03. The van der Waals surface area contributed by atoms with Crippen LogP contribution < -0.4 is 0 Å². The molecule has 0 saturated heterocycles. The first-order valence-corrected chi connectivity index (χ1v) is 5.56. The molecule has 0 N–H and O–H groups in total. The molecule has 0 radical (unpaired) electrons. The van der Waals surface area contributed by atoms with Crippen LogP contribution in [0.4, 0.5) is 0 Å². The van der Waals surface area contributed by atoms with Crippen molar-refractivity contribution in [3.63, 3.8) is 0 Å². The van der Waals surface area contributed by atoms with Crippen molar-refractivity contribution in [3.05, 3.63) is 0 Å². The Kier molecular flexibility index (Phi) is 3.84. The van der Waals surface area contributed by atoms with E-state index in [1.165, 1.54) is 0 Å². The normalized spacial score (nSPS) is 12.2. The van der Waals surface area contributed by atoms with E-state index >= 15 is 0 Å². The second-order valence-electron chi connectivity index (χ2n) is 1.58. The van der Waals surface area contributed by atoms with Crippen LogP contribution >= 0.6 is 0 Å². The predicted octanol–water partition coefficient (Wildman–Crippen LogP) is -1.43. The van der Waals surface area contributed by atoms with E-state index in [0.717, 1.165) is 6.26 Å². The van der Waals surface area contributed by atoms with Crippen molar-refractivity contribution in [1.29, 1.82) is 0 Å². The average molecular weight is 188 g/mol. The average Bonchev–Trinajstić information content (AvgIpc) is 1.59. The van der Waals surface area contributed by atoms with Gasteiger partial charge >= 0.3 is 0 Å². The van der Waals surface area contributed by atoms with Crippen LogP contribution in [-0.2, 0) is 25.0 Å². The van der Waals surface area contributed by atoms with Gasteiger partial charge in [0.15, 0.2) is 0 Å². The molecule has 10 heavy (non-hydrogen) atoms. The molecule has 0 bridgehead atoms. The molecule has 0 aromatic rings. The Hall–Kier alpha value is -0.140. The topological polar surface area (TPSA) is 77.5 Å². The molecule has 0 spiro atoms. The Labute approximate surface area is 61.1 Å². The highest BCUT2D eigenvalue weighted by molar-refractivity contribution is 7.86. The first-order chi connectivity index (χ1) is 4.42. The first-order valence-electron chi connectivity index (χ1n) is 2.38.